The third-order valence-electron chi connectivity index (χ3n) is 1.30. The molecule has 0 aliphatic rings. The first-order valence-electron chi connectivity index (χ1n) is 2.93. The number of carbonyl (C=O) groups is 1. The lowest BCUT2D eigenvalue weighted by Gasteiger charge is -1.97. The number of Topliss-reactive ketones (excluding diaryl/α,β-unsaturated/α-hetero) is 1. The molecule has 0 atom stereocenters. The standard InChI is InChI=1S/C6H6ClIN2O/c1-10-5(8)3-9-6(10)4(11)2-7/h3H,2H2,1H3. The highest BCUT2D eigenvalue weighted by Gasteiger charge is 2.11. The Bertz CT molecular complexity index is 284. The molecule has 11 heavy (non-hydrogen) atoms. The summed E-state index contributed by atoms with van der Waals surface area (Å²) < 4.78 is 2.64. The van der Waals surface area contributed by atoms with Gasteiger partial charge in [0.15, 0.2) is 5.82 Å². The molecule has 1 aromatic heterocycles. The molecule has 0 saturated heterocycles. The lowest BCUT2D eigenvalue weighted by molar-refractivity contribution is 0.100. The summed E-state index contributed by atoms with van der Waals surface area (Å²) in [6.45, 7) is 0. The number of halogens is 2. The molecular weight excluding hydrogens is 278 g/mol. The molecule has 0 bridgehead atoms. The molecule has 0 radical (unpaired) electrons. The Balaban J connectivity index is 3.04. The van der Waals surface area contributed by atoms with Crippen molar-refractivity contribution < 1.29 is 4.79 Å². The van der Waals surface area contributed by atoms with E-state index in [1.54, 1.807) is 17.8 Å². The van der Waals surface area contributed by atoms with E-state index in [0.717, 1.165) is 3.70 Å². The SMILES string of the molecule is Cn1c(I)cnc1C(=O)CCl. The van der Waals surface area contributed by atoms with E-state index in [4.69, 9.17) is 11.6 Å². The Morgan fingerprint density at radius 1 is 1.91 bits per heavy atom. The van der Waals surface area contributed by atoms with Gasteiger partial charge in [-0.05, 0) is 22.6 Å². The van der Waals surface area contributed by atoms with Gasteiger partial charge in [-0.2, -0.15) is 0 Å². The molecule has 0 amide bonds. The maximum Gasteiger partial charge on any atom is 0.212 e. The van der Waals surface area contributed by atoms with E-state index >= 15 is 0 Å². The smallest absolute Gasteiger partial charge is 0.212 e. The van der Waals surface area contributed by atoms with Gasteiger partial charge in [-0.1, -0.05) is 0 Å². The molecule has 1 aromatic rings. The molecule has 60 valence electrons. The lowest BCUT2D eigenvalue weighted by atomic mass is 10.4. The molecule has 0 saturated carbocycles. The predicted octanol–water partition coefficient (Wildman–Crippen LogP) is 1.45. The lowest BCUT2D eigenvalue weighted by Crippen LogP contribution is -2.09. The molecule has 0 aromatic carbocycles. The third-order valence-corrected chi connectivity index (χ3v) is 2.55. The van der Waals surface area contributed by atoms with Gasteiger partial charge in [0, 0.05) is 7.05 Å². The molecule has 3 nitrogen and oxygen atoms in total. The van der Waals surface area contributed by atoms with Gasteiger partial charge in [-0.3, -0.25) is 4.79 Å². The van der Waals surface area contributed by atoms with Crippen LogP contribution >= 0.6 is 34.2 Å². The van der Waals surface area contributed by atoms with Gasteiger partial charge in [0.05, 0.1) is 15.8 Å². The number of hydrogen-bond acceptors (Lipinski definition) is 2. The van der Waals surface area contributed by atoms with Crippen LogP contribution in [0.1, 0.15) is 10.6 Å². The van der Waals surface area contributed by atoms with Gasteiger partial charge in [0.25, 0.3) is 0 Å². The molecule has 0 spiro atoms. The van der Waals surface area contributed by atoms with E-state index < -0.39 is 0 Å². The summed E-state index contributed by atoms with van der Waals surface area (Å²) >= 11 is 7.46. The fraction of sp³-hybridized carbons (Fsp3) is 0.333. The second kappa shape index (κ2) is 3.53. The summed E-state index contributed by atoms with van der Waals surface area (Å²) in [6.07, 6.45) is 1.64. The Morgan fingerprint density at radius 2 is 2.55 bits per heavy atom. The quantitative estimate of drug-likeness (QED) is 0.468. The first kappa shape index (κ1) is 8.99. The normalized spacial score (nSPS) is 10.1. The Labute approximate surface area is 82.9 Å². The minimum atomic E-state index is -0.142. The molecule has 1 heterocycles. The number of aromatic nitrogens is 2. The monoisotopic (exact) mass is 284 g/mol. The summed E-state index contributed by atoms with van der Waals surface area (Å²) in [6, 6.07) is 0. The van der Waals surface area contributed by atoms with Crippen LogP contribution in [0.3, 0.4) is 0 Å². The van der Waals surface area contributed by atoms with E-state index in [2.05, 4.69) is 27.6 Å². The predicted molar refractivity (Wildman–Crippen MR) is 51.0 cm³/mol. The molecule has 0 N–H and O–H groups in total. The van der Waals surface area contributed by atoms with Crippen LogP contribution in [0, 0.1) is 3.70 Å². The summed E-state index contributed by atoms with van der Waals surface area (Å²) in [5.74, 6) is 0.266. The van der Waals surface area contributed by atoms with Crippen molar-refractivity contribution >= 4 is 40.0 Å². The summed E-state index contributed by atoms with van der Waals surface area (Å²) in [7, 11) is 1.79. The topological polar surface area (TPSA) is 34.9 Å². The Morgan fingerprint density at radius 3 is 2.91 bits per heavy atom. The van der Waals surface area contributed by atoms with E-state index in [1.807, 2.05) is 0 Å². The fourth-order valence-corrected chi connectivity index (χ4v) is 1.19. The summed E-state index contributed by atoms with van der Waals surface area (Å²) in [5.41, 5.74) is 0. The van der Waals surface area contributed by atoms with E-state index in [-0.39, 0.29) is 11.7 Å². The van der Waals surface area contributed by atoms with Gasteiger partial charge < -0.3 is 4.57 Å². The second-order valence-corrected chi connectivity index (χ2v) is 3.39. The van der Waals surface area contributed by atoms with Crippen LogP contribution in [0.25, 0.3) is 0 Å². The van der Waals surface area contributed by atoms with Gasteiger partial charge in [-0.15, -0.1) is 11.6 Å². The van der Waals surface area contributed by atoms with E-state index in [1.165, 1.54) is 0 Å². The highest BCUT2D eigenvalue weighted by molar-refractivity contribution is 14.1. The van der Waals surface area contributed by atoms with Gasteiger partial charge in [0.2, 0.25) is 5.78 Å². The minimum Gasteiger partial charge on any atom is -0.320 e. The third kappa shape index (κ3) is 1.73. The molecule has 0 aliphatic heterocycles. The number of carbonyl (C=O) groups excluding carboxylic acids is 1. The maximum atomic E-state index is 11.0. The van der Waals surface area contributed by atoms with Crippen molar-refractivity contribution in [2.75, 3.05) is 5.88 Å². The fourth-order valence-electron chi connectivity index (χ4n) is 0.708. The van der Waals surface area contributed by atoms with Crippen LogP contribution in [-0.2, 0) is 7.05 Å². The number of rotatable bonds is 2. The van der Waals surface area contributed by atoms with Gasteiger partial charge in [-0.25, -0.2) is 4.98 Å². The van der Waals surface area contributed by atoms with Crippen molar-refractivity contribution in [3.05, 3.63) is 15.7 Å². The van der Waals surface area contributed by atoms with Crippen molar-refractivity contribution in [2.45, 2.75) is 0 Å². The van der Waals surface area contributed by atoms with E-state index in [9.17, 15) is 4.79 Å². The van der Waals surface area contributed by atoms with Crippen LogP contribution in [0.15, 0.2) is 6.20 Å². The number of imidazole rings is 1. The van der Waals surface area contributed by atoms with Crippen molar-refractivity contribution in [2.24, 2.45) is 7.05 Å². The summed E-state index contributed by atoms with van der Waals surface area (Å²) in [5, 5.41) is 0. The number of ketones is 1. The highest BCUT2D eigenvalue weighted by Crippen LogP contribution is 2.06. The minimum absolute atomic E-state index is 0.0130. The average molecular weight is 284 g/mol. The number of hydrogen-bond donors (Lipinski definition) is 0. The van der Waals surface area contributed by atoms with Crippen LogP contribution in [0.4, 0.5) is 0 Å². The maximum absolute atomic E-state index is 11.0. The van der Waals surface area contributed by atoms with Gasteiger partial charge in [0.1, 0.15) is 0 Å². The molecular formula is C6H6ClIN2O. The zero-order valence-electron chi connectivity index (χ0n) is 5.84. The Kier molecular flexibility index (Phi) is 2.89. The number of nitrogens with zero attached hydrogens (tertiary/aromatic N) is 2. The van der Waals surface area contributed by atoms with Crippen LogP contribution in [0.5, 0.6) is 0 Å². The second-order valence-electron chi connectivity index (χ2n) is 2.02. The highest BCUT2D eigenvalue weighted by atomic mass is 127. The largest absolute Gasteiger partial charge is 0.320 e. The first-order chi connectivity index (χ1) is 5.16. The van der Waals surface area contributed by atoms with Crippen LogP contribution in [-0.4, -0.2) is 21.2 Å². The zero-order valence-corrected chi connectivity index (χ0v) is 8.76. The molecule has 0 fully saturated rings. The molecule has 1 rings (SSSR count). The Hall–Kier alpha value is -0.100. The first-order valence-corrected chi connectivity index (χ1v) is 4.54. The molecule has 0 unspecified atom stereocenters. The molecule has 5 heteroatoms. The summed E-state index contributed by atoms with van der Waals surface area (Å²) in [4.78, 5) is 14.9. The average Bonchev–Trinajstić information content (AvgIpc) is 2.32. The van der Waals surface area contributed by atoms with Crippen LogP contribution in [0.2, 0.25) is 0 Å². The van der Waals surface area contributed by atoms with Crippen molar-refractivity contribution in [1.29, 1.82) is 0 Å². The van der Waals surface area contributed by atoms with Crippen molar-refractivity contribution in [1.82, 2.24) is 9.55 Å². The van der Waals surface area contributed by atoms with E-state index in [0.29, 0.717) is 5.82 Å². The van der Waals surface area contributed by atoms with Crippen LogP contribution < -0.4 is 0 Å². The van der Waals surface area contributed by atoms with Crippen molar-refractivity contribution in [3.63, 3.8) is 0 Å². The van der Waals surface area contributed by atoms with Gasteiger partial charge >= 0.3 is 0 Å². The number of alkyl halides is 1. The zero-order chi connectivity index (χ0) is 8.43. The molecule has 0 aliphatic carbocycles. The van der Waals surface area contributed by atoms with Crippen molar-refractivity contribution in [3.8, 4) is 0 Å².